The molecule has 19 heavy (non-hydrogen) atoms. The van der Waals surface area contributed by atoms with Crippen molar-refractivity contribution in [3.05, 3.63) is 22.4 Å². The van der Waals surface area contributed by atoms with Crippen LogP contribution in [0.3, 0.4) is 0 Å². The van der Waals surface area contributed by atoms with Gasteiger partial charge in [0.05, 0.1) is 11.8 Å². The van der Waals surface area contributed by atoms with Crippen LogP contribution in [0.15, 0.2) is 17.5 Å². The fourth-order valence-electron chi connectivity index (χ4n) is 2.30. The van der Waals surface area contributed by atoms with Gasteiger partial charge in [-0.3, -0.25) is 9.59 Å². The number of hydrogen-bond donors (Lipinski definition) is 2. The maximum Gasteiger partial charge on any atom is 0.307 e. The highest BCUT2D eigenvalue weighted by molar-refractivity contribution is 7.10. The first-order chi connectivity index (χ1) is 8.92. The Bertz CT molecular complexity index is 467. The van der Waals surface area contributed by atoms with Crippen molar-refractivity contribution in [3.8, 4) is 0 Å². The summed E-state index contributed by atoms with van der Waals surface area (Å²) >= 11 is 1.67. The Balaban J connectivity index is 1.89. The molecule has 1 aliphatic carbocycles. The van der Waals surface area contributed by atoms with Crippen LogP contribution in [-0.2, 0) is 15.0 Å². The zero-order chi connectivity index (χ0) is 14.0. The quantitative estimate of drug-likeness (QED) is 0.870. The van der Waals surface area contributed by atoms with Gasteiger partial charge >= 0.3 is 5.97 Å². The third-order valence-corrected chi connectivity index (χ3v) is 5.06. The number of amides is 1. The standard InChI is InChI=1S/C14H19NO3S/c1-14(2,11-4-3-7-19-11)8-15-12(16)9-5-6-10(9)13(17)18/h3-4,7,9-10H,5-6,8H2,1-2H3,(H,15,16)(H,17,18). The molecule has 5 heteroatoms. The van der Waals surface area contributed by atoms with Crippen LogP contribution in [-0.4, -0.2) is 23.5 Å². The van der Waals surface area contributed by atoms with Crippen molar-refractivity contribution in [1.29, 1.82) is 0 Å². The third kappa shape index (κ3) is 2.97. The lowest BCUT2D eigenvalue weighted by Gasteiger charge is -2.33. The number of carbonyl (C=O) groups excluding carboxylic acids is 1. The van der Waals surface area contributed by atoms with Gasteiger partial charge in [0, 0.05) is 16.8 Å². The van der Waals surface area contributed by atoms with Crippen LogP contribution in [0, 0.1) is 11.8 Å². The first-order valence-corrected chi connectivity index (χ1v) is 7.34. The summed E-state index contributed by atoms with van der Waals surface area (Å²) in [7, 11) is 0. The summed E-state index contributed by atoms with van der Waals surface area (Å²) in [4.78, 5) is 24.1. The molecule has 0 aromatic carbocycles. The maximum absolute atomic E-state index is 12.0. The van der Waals surface area contributed by atoms with Gasteiger partial charge in [-0.1, -0.05) is 19.9 Å². The molecule has 1 aromatic rings. The van der Waals surface area contributed by atoms with E-state index in [-0.39, 0.29) is 17.2 Å². The number of rotatable bonds is 5. The summed E-state index contributed by atoms with van der Waals surface area (Å²) in [5.41, 5.74) is -0.119. The molecule has 1 saturated carbocycles. The van der Waals surface area contributed by atoms with Gasteiger partial charge in [-0.2, -0.15) is 0 Å². The smallest absolute Gasteiger partial charge is 0.307 e. The number of aliphatic carboxylic acids is 1. The van der Waals surface area contributed by atoms with E-state index in [1.165, 1.54) is 4.88 Å². The monoisotopic (exact) mass is 281 g/mol. The van der Waals surface area contributed by atoms with Crippen molar-refractivity contribution in [2.45, 2.75) is 32.1 Å². The van der Waals surface area contributed by atoms with Crippen molar-refractivity contribution < 1.29 is 14.7 Å². The van der Waals surface area contributed by atoms with Gasteiger partial charge in [0.25, 0.3) is 0 Å². The molecule has 1 amide bonds. The molecule has 1 aliphatic rings. The van der Waals surface area contributed by atoms with Gasteiger partial charge < -0.3 is 10.4 Å². The summed E-state index contributed by atoms with van der Waals surface area (Å²) in [6, 6.07) is 4.05. The maximum atomic E-state index is 12.0. The molecule has 1 heterocycles. The van der Waals surface area contributed by atoms with E-state index < -0.39 is 11.9 Å². The molecule has 4 nitrogen and oxygen atoms in total. The molecule has 2 unspecified atom stereocenters. The number of carbonyl (C=O) groups is 2. The highest BCUT2D eigenvalue weighted by Crippen LogP contribution is 2.35. The van der Waals surface area contributed by atoms with E-state index in [9.17, 15) is 9.59 Å². The minimum absolute atomic E-state index is 0.119. The van der Waals surface area contributed by atoms with Crippen LogP contribution < -0.4 is 5.32 Å². The summed E-state index contributed by atoms with van der Waals surface area (Å²) in [5.74, 6) is -1.83. The average molecular weight is 281 g/mol. The third-order valence-electron chi connectivity index (χ3n) is 3.82. The Morgan fingerprint density at radius 3 is 2.58 bits per heavy atom. The SMILES string of the molecule is CC(C)(CNC(=O)C1CCC1C(=O)O)c1cccs1. The van der Waals surface area contributed by atoms with E-state index in [1.807, 2.05) is 11.4 Å². The van der Waals surface area contributed by atoms with Gasteiger partial charge in [0.1, 0.15) is 0 Å². The average Bonchev–Trinajstić information content (AvgIpc) is 2.78. The molecule has 0 saturated heterocycles. The number of nitrogens with one attached hydrogen (secondary N) is 1. The lowest BCUT2D eigenvalue weighted by atomic mass is 9.73. The second-order valence-electron chi connectivity index (χ2n) is 5.71. The normalized spacial score (nSPS) is 22.6. The highest BCUT2D eigenvalue weighted by atomic mass is 32.1. The molecule has 2 N–H and O–H groups in total. The Morgan fingerprint density at radius 1 is 1.42 bits per heavy atom. The molecule has 0 bridgehead atoms. The Labute approximate surface area is 116 Å². The number of carboxylic acid groups (broad SMARTS) is 1. The fourth-order valence-corrected chi connectivity index (χ4v) is 3.15. The second-order valence-corrected chi connectivity index (χ2v) is 6.66. The molecule has 0 radical (unpaired) electrons. The minimum Gasteiger partial charge on any atom is -0.481 e. The zero-order valence-electron chi connectivity index (χ0n) is 11.2. The van der Waals surface area contributed by atoms with Crippen LogP contribution in [0.5, 0.6) is 0 Å². The second kappa shape index (κ2) is 5.33. The van der Waals surface area contributed by atoms with E-state index in [1.54, 1.807) is 11.3 Å². The fraction of sp³-hybridized carbons (Fsp3) is 0.571. The number of hydrogen-bond acceptors (Lipinski definition) is 3. The minimum atomic E-state index is -0.857. The van der Waals surface area contributed by atoms with Crippen molar-refractivity contribution in [1.82, 2.24) is 5.32 Å². The van der Waals surface area contributed by atoms with Crippen molar-refractivity contribution in [2.24, 2.45) is 11.8 Å². The van der Waals surface area contributed by atoms with Crippen LogP contribution >= 0.6 is 11.3 Å². The summed E-state index contributed by atoms with van der Waals surface area (Å²) in [5, 5.41) is 13.9. The summed E-state index contributed by atoms with van der Waals surface area (Å²) in [6.07, 6.45) is 1.30. The van der Waals surface area contributed by atoms with Crippen LogP contribution in [0.25, 0.3) is 0 Å². The van der Waals surface area contributed by atoms with E-state index in [4.69, 9.17) is 5.11 Å². The molecule has 2 atom stereocenters. The predicted molar refractivity (Wildman–Crippen MR) is 74.2 cm³/mol. The lowest BCUT2D eigenvalue weighted by Crippen LogP contribution is -2.46. The molecule has 0 spiro atoms. The van der Waals surface area contributed by atoms with Gasteiger partial charge in [-0.15, -0.1) is 11.3 Å². The highest BCUT2D eigenvalue weighted by Gasteiger charge is 2.41. The van der Waals surface area contributed by atoms with Gasteiger partial charge in [-0.25, -0.2) is 0 Å². The van der Waals surface area contributed by atoms with Gasteiger partial charge in [0.2, 0.25) is 5.91 Å². The molecule has 1 aromatic heterocycles. The van der Waals surface area contributed by atoms with Gasteiger partial charge in [0.15, 0.2) is 0 Å². The van der Waals surface area contributed by atoms with Gasteiger partial charge in [-0.05, 0) is 24.3 Å². The largest absolute Gasteiger partial charge is 0.481 e. The molecular weight excluding hydrogens is 262 g/mol. The van der Waals surface area contributed by atoms with Crippen molar-refractivity contribution in [3.63, 3.8) is 0 Å². The topological polar surface area (TPSA) is 66.4 Å². The van der Waals surface area contributed by atoms with Crippen LogP contribution in [0.2, 0.25) is 0 Å². The summed E-state index contributed by atoms with van der Waals surface area (Å²) in [6.45, 7) is 4.69. The molecule has 1 fully saturated rings. The first kappa shape index (κ1) is 14.1. The first-order valence-electron chi connectivity index (χ1n) is 6.46. The molecule has 2 rings (SSSR count). The molecule has 104 valence electrons. The lowest BCUT2D eigenvalue weighted by molar-refractivity contribution is -0.152. The van der Waals surface area contributed by atoms with E-state index in [0.29, 0.717) is 19.4 Å². The van der Waals surface area contributed by atoms with Crippen LogP contribution in [0.4, 0.5) is 0 Å². The predicted octanol–water partition coefficient (Wildman–Crippen LogP) is 2.25. The van der Waals surface area contributed by atoms with E-state index >= 15 is 0 Å². The Kier molecular flexibility index (Phi) is 3.94. The van der Waals surface area contributed by atoms with E-state index in [2.05, 4.69) is 25.2 Å². The summed E-state index contributed by atoms with van der Waals surface area (Å²) < 4.78 is 0. The number of carboxylic acids is 1. The Morgan fingerprint density at radius 2 is 2.11 bits per heavy atom. The van der Waals surface area contributed by atoms with Crippen molar-refractivity contribution >= 4 is 23.2 Å². The number of thiophene rings is 1. The zero-order valence-corrected chi connectivity index (χ0v) is 12.0. The Hall–Kier alpha value is -1.36. The molecular formula is C14H19NO3S. The molecule has 0 aliphatic heterocycles. The van der Waals surface area contributed by atoms with Crippen LogP contribution in [0.1, 0.15) is 31.6 Å². The van der Waals surface area contributed by atoms with E-state index in [0.717, 1.165) is 0 Å². The van der Waals surface area contributed by atoms with Crippen molar-refractivity contribution in [2.75, 3.05) is 6.54 Å².